The monoisotopic (exact) mass is 1150 g/mol. The number of quaternary nitrogens is 1. The summed E-state index contributed by atoms with van der Waals surface area (Å²) in [5.74, 6) is -0.187. The first-order valence-corrected chi connectivity index (χ1v) is 37.5. The topological polar surface area (TPSA) is 108 Å². The van der Waals surface area contributed by atoms with E-state index >= 15 is 0 Å². The van der Waals surface area contributed by atoms with Crippen molar-refractivity contribution in [3.8, 4) is 0 Å². The molecule has 0 aliphatic carbocycles. The van der Waals surface area contributed by atoms with Gasteiger partial charge in [0.1, 0.15) is 13.2 Å². The maximum atomic E-state index is 13.0. The standard InChI is InChI=1S/C71H143N2O6P/c1-6-8-10-12-14-16-18-20-22-24-26-28-30-32-34-35-36-37-39-40-42-44-46-48-50-52-54-56-58-60-62-64-70(74)69(68-79-80(76,77)78-67-66-73(3,4)5)72-71(75)65-63-61-59-57-55-53-51-49-47-45-43-41-38-33-31-29-27-25-23-21-19-17-15-13-11-9-7-2/h62,64,69-70,74H,6-61,63,65-68H2,1-5H3,(H-,72,75,76,77)/b64-62+. The summed E-state index contributed by atoms with van der Waals surface area (Å²) < 4.78 is 23.5. The van der Waals surface area contributed by atoms with Crippen LogP contribution in [0.25, 0.3) is 0 Å². The zero-order valence-corrected chi connectivity index (χ0v) is 55.7. The van der Waals surface area contributed by atoms with Crippen molar-refractivity contribution in [3.63, 3.8) is 0 Å². The molecule has 0 saturated carbocycles. The number of aliphatic hydroxyl groups is 1. The molecule has 2 N–H and O–H groups in total. The maximum Gasteiger partial charge on any atom is 0.268 e. The molecule has 0 fully saturated rings. The second-order valence-electron chi connectivity index (χ2n) is 26.3. The number of nitrogens with zero attached hydrogens (tertiary/aromatic N) is 1. The Hall–Kier alpha value is -0.760. The fourth-order valence-electron chi connectivity index (χ4n) is 11.4. The summed E-state index contributed by atoms with van der Waals surface area (Å²) in [4.78, 5) is 25.6. The number of allylic oxidation sites excluding steroid dienone is 1. The third-order valence-electron chi connectivity index (χ3n) is 17.0. The fraction of sp³-hybridized carbons (Fsp3) is 0.958. The average Bonchev–Trinajstić information content (AvgIpc) is 3.42. The van der Waals surface area contributed by atoms with Crippen LogP contribution in [0.1, 0.15) is 386 Å². The number of unbranched alkanes of at least 4 members (excludes halogenated alkanes) is 55. The van der Waals surface area contributed by atoms with Crippen LogP contribution in [0.3, 0.4) is 0 Å². The van der Waals surface area contributed by atoms with Crippen LogP contribution in [0.4, 0.5) is 0 Å². The van der Waals surface area contributed by atoms with Gasteiger partial charge in [-0.25, -0.2) is 0 Å². The Morgan fingerprint density at radius 3 is 0.938 bits per heavy atom. The van der Waals surface area contributed by atoms with E-state index in [1.165, 1.54) is 327 Å². The first kappa shape index (κ1) is 79.2. The lowest BCUT2D eigenvalue weighted by Crippen LogP contribution is -2.45. The number of amides is 1. The summed E-state index contributed by atoms with van der Waals surface area (Å²) in [6.07, 6.45) is 80.6. The van der Waals surface area contributed by atoms with Gasteiger partial charge in [-0.05, 0) is 19.3 Å². The summed E-state index contributed by atoms with van der Waals surface area (Å²) in [7, 11) is 1.29. The normalized spacial score (nSPS) is 13.6. The molecule has 3 atom stereocenters. The molecule has 0 aliphatic heterocycles. The average molecular weight is 1150 g/mol. The molecule has 80 heavy (non-hydrogen) atoms. The Bertz CT molecular complexity index is 1310. The number of phosphoric ester groups is 1. The van der Waals surface area contributed by atoms with Crippen LogP contribution < -0.4 is 10.2 Å². The zero-order chi connectivity index (χ0) is 58.4. The Labute approximate surface area is 501 Å². The number of hydrogen-bond donors (Lipinski definition) is 2. The van der Waals surface area contributed by atoms with E-state index in [0.717, 1.165) is 38.5 Å². The highest BCUT2D eigenvalue weighted by Gasteiger charge is 2.23. The van der Waals surface area contributed by atoms with Crippen molar-refractivity contribution in [2.24, 2.45) is 0 Å². The van der Waals surface area contributed by atoms with Crippen LogP contribution in [0.5, 0.6) is 0 Å². The Morgan fingerprint density at radius 1 is 0.425 bits per heavy atom. The molecule has 0 aliphatic rings. The third kappa shape index (κ3) is 64.8. The second-order valence-corrected chi connectivity index (χ2v) is 27.7. The van der Waals surface area contributed by atoms with Gasteiger partial charge in [-0.3, -0.25) is 9.36 Å². The van der Waals surface area contributed by atoms with Crippen LogP contribution in [-0.2, 0) is 18.4 Å². The molecule has 1 amide bonds. The lowest BCUT2D eigenvalue weighted by atomic mass is 10.0. The molecule has 3 unspecified atom stereocenters. The molecule has 0 aromatic rings. The van der Waals surface area contributed by atoms with E-state index < -0.39 is 20.0 Å². The highest BCUT2D eigenvalue weighted by atomic mass is 31.2. The number of rotatable bonds is 68. The Balaban J connectivity index is 4.01. The van der Waals surface area contributed by atoms with E-state index in [1.807, 2.05) is 27.2 Å². The molecule has 0 aromatic heterocycles. The third-order valence-corrected chi connectivity index (χ3v) is 18.0. The van der Waals surface area contributed by atoms with Crippen LogP contribution in [-0.4, -0.2) is 68.5 Å². The van der Waals surface area contributed by atoms with Gasteiger partial charge in [0.05, 0.1) is 39.9 Å². The summed E-state index contributed by atoms with van der Waals surface area (Å²) in [5.41, 5.74) is 0. The van der Waals surface area contributed by atoms with Crippen molar-refractivity contribution < 1.29 is 32.9 Å². The quantitative estimate of drug-likeness (QED) is 0.0272. The molecular weight excluding hydrogens is 1010 g/mol. The zero-order valence-electron chi connectivity index (χ0n) is 54.8. The molecule has 0 aromatic carbocycles. The van der Waals surface area contributed by atoms with E-state index in [-0.39, 0.29) is 19.1 Å². The minimum absolute atomic E-state index is 0.00305. The highest BCUT2D eigenvalue weighted by molar-refractivity contribution is 7.45. The summed E-state index contributed by atoms with van der Waals surface area (Å²) in [6.45, 7) is 4.73. The van der Waals surface area contributed by atoms with Gasteiger partial charge in [-0.15, -0.1) is 0 Å². The van der Waals surface area contributed by atoms with Gasteiger partial charge in [0, 0.05) is 6.42 Å². The molecule has 0 bridgehead atoms. The highest BCUT2D eigenvalue weighted by Crippen LogP contribution is 2.38. The lowest BCUT2D eigenvalue weighted by molar-refractivity contribution is -0.870. The van der Waals surface area contributed by atoms with Gasteiger partial charge >= 0.3 is 0 Å². The number of hydrogen-bond acceptors (Lipinski definition) is 6. The smallest absolute Gasteiger partial charge is 0.268 e. The predicted molar refractivity (Wildman–Crippen MR) is 349 cm³/mol. The Kier molecular flexibility index (Phi) is 62.2. The van der Waals surface area contributed by atoms with Crippen molar-refractivity contribution in [2.45, 2.75) is 398 Å². The maximum absolute atomic E-state index is 13.0. The van der Waals surface area contributed by atoms with Crippen molar-refractivity contribution >= 4 is 13.7 Å². The van der Waals surface area contributed by atoms with Crippen molar-refractivity contribution in [1.29, 1.82) is 0 Å². The summed E-state index contributed by atoms with van der Waals surface area (Å²) in [5, 5.41) is 14.0. The number of carbonyl (C=O) groups excluding carboxylic acids is 1. The number of nitrogens with one attached hydrogen (secondary N) is 1. The summed E-state index contributed by atoms with van der Waals surface area (Å²) >= 11 is 0. The minimum atomic E-state index is -4.60. The van der Waals surface area contributed by atoms with E-state index in [2.05, 4.69) is 19.2 Å². The van der Waals surface area contributed by atoms with Gasteiger partial charge in [-0.2, -0.15) is 0 Å². The number of likely N-dealkylation sites (N-methyl/N-ethyl adjacent to an activating group) is 1. The largest absolute Gasteiger partial charge is 0.756 e. The van der Waals surface area contributed by atoms with Crippen molar-refractivity contribution in [1.82, 2.24) is 5.32 Å². The van der Waals surface area contributed by atoms with Crippen LogP contribution >= 0.6 is 7.82 Å². The molecule has 478 valence electrons. The number of carbonyl (C=O) groups is 1. The van der Waals surface area contributed by atoms with Crippen LogP contribution in [0.15, 0.2) is 12.2 Å². The fourth-order valence-corrected chi connectivity index (χ4v) is 12.1. The molecular formula is C71H143N2O6P. The predicted octanol–water partition coefficient (Wildman–Crippen LogP) is 22.3. The first-order chi connectivity index (χ1) is 39.0. The van der Waals surface area contributed by atoms with Crippen molar-refractivity contribution in [2.75, 3.05) is 40.9 Å². The summed E-state index contributed by atoms with van der Waals surface area (Å²) in [6, 6.07) is -0.884. The molecule has 8 nitrogen and oxygen atoms in total. The van der Waals surface area contributed by atoms with Crippen molar-refractivity contribution in [3.05, 3.63) is 12.2 Å². The van der Waals surface area contributed by atoms with Gasteiger partial charge in [0.25, 0.3) is 7.82 Å². The van der Waals surface area contributed by atoms with E-state index in [1.54, 1.807) is 6.08 Å². The SMILES string of the molecule is CCCCCCCCCCCCCCCCCCCCCCCCCCCCCCC/C=C/C(O)C(COP(=O)([O-])OCC[N+](C)(C)C)NC(=O)CCCCCCCCCCCCCCCCCCCCCCCCCCCCC. The molecule has 9 heteroatoms. The van der Waals surface area contributed by atoms with E-state index in [9.17, 15) is 19.4 Å². The van der Waals surface area contributed by atoms with Gasteiger partial charge in [0.2, 0.25) is 5.91 Å². The molecule has 0 spiro atoms. The second kappa shape index (κ2) is 62.8. The molecule has 0 saturated heterocycles. The molecule has 0 radical (unpaired) electrons. The Morgan fingerprint density at radius 2 is 0.675 bits per heavy atom. The van der Waals surface area contributed by atoms with E-state index in [0.29, 0.717) is 17.4 Å². The number of phosphoric acid groups is 1. The number of aliphatic hydroxyl groups excluding tert-OH is 1. The van der Waals surface area contributed by atoms with Gasteiger partial charge in [0.15, 0.2) is 0 Å². The van der Waals surface area contributed by atoms with E-state index in [4.69, 9.17) is 9.05 Å². The first-order valence-electron chi connectivity index (χ1n) is 36.1. The molecule has 0 heterocycles. The van der Waals surface area contributed by atoms with Gasteiger partial charge in [-0.1, -0.05) is 373 Å². The minimum Gasteiger partial charge on any atom is -0.756 e. The van der Waals surface area contributed by atoms with Gasteiger partial charge < -0.3 is 28.8 Å². The van der Waals surface area contributed by atoms with Crippen LogP contribution in [0.2, 0.25) is 0 Å². The molecule has 0 rings (SSSR count). The van der Waals surface area contributed by atoms with Crippen LogP contribution in [0, 0.1) is 0 Å². The lowest BCUT2D eigenvalue weighted by Gasteiger charge is -2.29.